The summed E-state index contributed by atoms with van der Waals surface area (Å²) in [5.41, 5.74) is 1.48. The lowest BCUT2D eigenvalue weighted by atomic mass is 10.1. The van der Waals surface area contributed by atoms with Crippen LogP contribution in [0.15, 0.2) is 59.8 Å². The molecule has 0 saturated heterocycles. The van der Waals surface area contributed by atoms with E-state index in [9.17, 15) is 14.0 Å². The highest BCUT2D eigenvalue weighted by molar-refractivity contribution is 8.00. The molecule has 0 bridgehead atoms. The summed E-state index contributed by atoms with van der Waals surface area (Å²) in [6.07, 6.45) is 3.31. The summed E-state index contributed by atoms with van der Waals surface area (Å²) in [5.74, 6) is -0.384. The van der Waals surface area contributed by atoms with Gasteiger partial charge in [-0.3, -0.25) is 9.59 Å². The maximum absolute atomic E-state index is 14.7. The number of carbonyl (C=O) groups is 2. The molecule has 3 aromatic rings. The Kier molecular flexibility index (Phi) is 7.12. The summed E-state index contributed by atoms with van der Waals surface area (Å²) in [6, 6.07) is 11.5. The normalized spacial score (nSPS) is 12.8. The largest absolute Gasteiger partial charge is 0.468 e. The predicted octanol–water partition coefficient (Wildman–Crippen LogP) is 4.46. The summed E-state index contributed by atoms with van der Waals surface area (Å²) in [4.78, 5) is 29.4. The van der Waals surface area contributed by atoms with Gasteiger partial charge in [-0.25, -0.2) is 9.37 Å². The van der Waals surface area contributed by atoms with E-state index in [1.807, 2.05) is 0 Å². The number of ether oxygens (including phenoxy) is 1. The molecule has 6 nitrogen and oxygen atoms in total. The lowest BCUT2D eigenvalue weighted by Gasteiger charge is -2.18. The quantitative estimate of drug-likeness (QED) is 0.433. The monoisotopic (exact) mass is 441 g/mol. The highest BCUT2D eigenvalue weighted by atomic mass is 32.2. The summed E-state index contributed by atoms with van der Waals surface area (Å²) in [7, 11) is 1.33. The fraction of sp³-hybridized carbons (Fsp3) is 0.261. The maximum Gasteiger partial charge on any atom is 0.318 e. The molecule has 1 N–H and O–H groups in total. The minimum Gasteiger partial charge on any atom is -0.468 e. The van der Waals surface area contributed by atoms with Crippen molar-refractivity contribution in [2.24, 2.45) is 0 Å². The van der Waals surface area contributed by atoms with Crippen molar-refractivity contribution in [3.8, 4) is 5.69 Å². The van der Waals surface area contributed by atoms with Gasteiger partial charge in [0.15, 0.2) is 0 Å². The van der Waals surface area contributed by atoms with E-state index in [-0.39, 0.29) is 11.9 Å². The van der Waals surface area contributed by atoms with E-state index in [1.54, 1.807) is 74.1 Å². The zero-order valence-electron chi connectivity index (χ0n) is 17.8. The molecule has 0 aliphatic carbocycles. The van der Waals surface area contributed by atoms with Crippen molar-refractivity contribution >= 4 is 23.6 Å². The third-order valence-corrected chi connectivity index (χ3v) is 6.03. The van der Waals surface area contributed by atoms with Crippen LogP contribution in [0, 0.1) is 12.7 Å². The Morgan fingerprint density at radius 2 is 1.94 bits per heavy atom. The second kappa shape index (κ2) is 9.78. The molecule has 0 aliphatic rings. The zero-order valence-corrected chi connectivity index (χ0v) is 18.6. The molecule has 31 heavy (non-hydrogen) atoms. The second-order valence-electron chi connectivity index (χ2n) is 7.03. The summed E-state index contributed by atoms with van der Waals surface area (Å²) < 4.78 is 21.1. The van der Waals surface area contributed by atoms with Gasteiger partial charge in [-0.1, -0.05) is 18.2 Å². The van der Waals surface area contributed by atoms with Gasteiger partial charge < -0.3 is 14.6 Å². The molecule has 1 aromatic heterocycles. The van der Waals surface area contributed by atoms with Crippen LogP contribution in [-0.4, -0.2) is 33.8 Å². The second-order valence-corrected chi connectivity index (χ2v) is 8.41. The number of carbonyl (C=O) groups excluding carboxylic acids is 2. The van der Waals surface area contributed by atoms with E-state index < -0.39 is 17.1 Å². The number of aromatic nitrogens is 2. The van der Waals surface area contributed by atoms with Crippen LogP contribution >= 0.6 is 11.8 Å². The number of rotatable bonds is 7. The highest BCUT2D eigenvalue weighted by Crippen LogP contribution is 2.28. The number of hydrogen-bond donors (Lipinski definition) is 1. The number of methoxy groups -OCH3 is 1. The molecule has 2 atom stereocenters. The molecule has 1 heterocycles. The van der Waals surface area contributed by atoms with Crippen molar-refractivity contribution in [2.45, 2.75) is 37.0 Å². The Labute approximate surface area is 184 Å². The topological polar surface area (TPSA) is 73.2 Å². The van der Waals surface area contributed by atoms with Crippen molar-refractivity contribution in [3.05, 3.63) is 77.6 Å². The Bertz CT molecular complexity index is 1100. The van der Waals surface area contributed by atoms with E-state index >= 15 is 0 Å². The SMILES string of the molecule is COC(=O)[C@H](C)Sc1ccccc1C(=O)N[C@H](C)c1ccc(-n2ccnc2C)c(F)c1. The number of imidazole rings is 1. The van der Waals surface area contributed by atoms with Gasteiger partial charge in [0.2, 0.25) is 0 Å². The molecule has 0 spiro atoms. The van der Waals surface area contributed by atoms with Crippen molar-refractivity contribution < 1.29 is 18.7 Å². The minimum absolute atomic E-state index is 0.303. The number of thioether (sulfide) groups is 1. The molecule has 0 aliphatic heterocycles. The first-order chi connectivity index (χ1) is 14.8. The molecule has 0 fully saturated rings. The van der Waals surface area contributed by atoms with Crippen LogP contribution in [0.25, 0.3) is 5.69 Å². The van der Waals surface area contributed by atoms with Crippen molar-refractivity contribution in [1.29, 1.82) is 0 Å². The summed E-state index contributed by atoms with van der Waals surface area (Å²) in [6.45, 7) is 5.31. The number of esters is 1. The van der Waals surface area contributed by atoms with Gasteiger partial charge in [-0.2, -0.15) is 0 Å². The van der Waals surface area contributed by atoms with Gasteiger partial charge in [-0.05, 0) is 50.6 Å². The van der Waals surface area contributed by atoms with Crippen LogP contribution in [0.1, 0.15) is 41.6 Å². The van der Waals surface area contributed by atoms with E-state index in [1.165, 1.54) is 24.9 Å². The van der Waals surface area contributed by atoms with Crippen molar-refractivity contribution in [1.82, 2.24) is 14.9 Å². The molecular weight excluding hydrogens is 417 g/mol. The number of benzene rings is 2. The van der Waals surface area contributed by atoms with Crippen molar-refractivity contribution in [3.63, 3.8) is 0 Å². The van der Waals surface area contributed by atoms with Gasteiger partial charge in [0.1, 0.15) is 16.9 Å². The molecular formula is C23H24FN3O3S. The average Bonchev–Trinajstić information content (AvgIpc) is 3.18. The number of amides is 1. The van der Waals surface area contributed by atoms with E-state index in [0.29, 0.717) is 27.5 Å². The summed E-state index contributed by atoms with van der Waals surface area (Å²) >= 11 is 1.25. The van der Waals surface area contributed by atoms with Gasteiger partial charge in [0, 0.05) is 17.3 Å². The highest BCUT2D eigenvalue weighted by Gasteiger charge is 2.20. The standard InChI is InChI=1S/C23H24FN3O3S/c1-14(17-9-10-20(19(24)13-17)27-12-11-25-16(27)3)26-22(28)18-7-5-6-8-21(18)31-15(2)23(29)30-4/h5-15H,1-4H3,(H,26,28)/t14-,15+/m1/s1. The van der Waals surface area contributed by atoms with Gasteiger partial charge in [0.05, 0.1) is 24.4 Å². The van der Waals surface area contributed by atoms with E-state index in [0.717, 1.165) is 0 Å². The Hall–Kier alpha value is -3.13. The average molecular weight is 442 g/mol. The number of nitrogens with zero attached hydrogens (tertiary/aromatic N) is 2. The first kappa shape index (κ1) is 22.6. The molecule has 0 radical (unpaired) electrons. The van der Waals surface area contributed by atoms with Crippen LogP contribution in [0.4, 0.5) is 4.39 Å². The van der Waals surface area contributed by atoms with E-state index in [4.69, 9.17) is 4.74 Å². The molecule has 2 aromatic carbocycles. The van der Waals surface area contributed by atoms with Crippen LogP contribution in [-0.2, 0) is 9.53 Å². The van der Waals surface area contributed by atoms with Crippen LogP contribution in [0.5, 0.6) is 0 Å². The van der Waals surface area contributed by atoms with Gasteiger partial charge in [-0.15, -0.1) is 11.8 Å². The fourth-order valence-corrected chi connectivity index (χ4v) is 4.16. The fourth-order valence-electron chi connectivity index (χ4n) is 3.14. The smallest absolute Gasteiger partial charge is 0.318 e. The van der Waals surface area contributed by atoms with Crippen LogP contribution in [0.3, 0.4) is 0 Å². The molecule has 162 valence electrons. The molecule has 0 unspecified atom stereocenters. The molecule has 8 heteroatoms. The van der Waals surface area contributed by atoms with Crippen molar-refractivity contribution in [2.75, 3.05) is 7.11 Å². The van der Waals surface area contributed by atoms with E-state index in [2.05, 4.69) is 10.3 Å². The Morgan fingerprint density at radius 3 is 2.58 bits per heavy atom. The number of aryl methyl sites for hydroxylation is 1. The number of halogens is 1. The lowest BCUT2D eigenvalue weighted by molar-refractivity contribution is -0.139. The summed E-state index contributed by atoms with van der Waals surface area (Å²) in [5, 5.41) is 2.45. The first-order valence-electron chi connectivity index (χ1n) is 9.76. The van der Waals surface area contributed by atoms with Gasteiger partial charge >= 0.3 is 5.97 Å². The van der Waals surface area contributed by atoms with Crippen LogP contribution in [0.2, 0.25) is 0 Å². The minimum atomic E-state index is -0.454. The van der Waals surface area contributed by atoms with Gasteiger partial charge in [0.25, 0.3) is 5.91 Å². The number of nitrogens with one attached hydrogen (secondary N) is 1. The molecule has 1 amide bonds. The molecule has 0 saturated carbocycles. The number of hydrogen-bond acceptors (Lipinski definition) is 5. The zero-order chi connectivity index (χ0) is 22.5. The van der Waals surface area contributed by atoms with Crippen LogP contribution < -0.4 is 5.32 Å². The Balaban J connectivity index is 1.76. The third kappa shape index (κ3) is 5.14. The first-order valence-corrected chi connectivity index (χ1v) is 10.6. The Morgan fingerprint density at radius 1 is 1.19 bits per heavy atom. The predicted molar refractivity (Wildman–Crippen MR) is 118 cm³/mol. The lowest BCUT2D eigenvalue weighted by Crippen LogP contribution is -2.27. The third-order valence-electron chi connectivity index (χ3n) is 4.87. The molecule has 3 rings (SSSR count). The maximum atomic E-state index is 14.7.